The highest BCUT2D eigenvalue weighted by atomic mass is 16.6. The summed E-state index contributed by atoms with van der Waals surface area (Å²) in [6.07, 6.45) is 1.20. The fourth-order valence-electron chi connectivity index (χ4n) is 0.949. The maximum Gasteiger partial charge on any atom is 0.350 e. The van der Waals surface area contributed by atoms with E-state index in [9.17, 15) is 10.1 Å². The molecule has 0 aromatic heterocycles. The quantitative estimate of drug-likeness (QED) is 0.389. The number of aryl methyl sites for hydroxylation is 1. The van der Waals surface area contributed by atoms with Crippen molar-refractivity contribution in [3.63, 3.8) is 0 Å². The molecule has 0 saturated carbocycles. The third-order valence-corrected chi connectivity index (χ3v) is 1.77. The van der Waals surface area contributed by atoms with Gasteiger partial charge in [0.2, 0.25) is 0 Å². The first-order chi connectivity index (χ1) is 7.13. The second-order valence-electron chi connectivity index (χ2n) is 2.94. The third kappa shape index (κ3) is 3.28. The molecule has 1 aromatic rings. The third-order valence-electron chi connectivity index (χ3n) is 1.77. The number of hydrazine groups is 1. The lowest BCUT2D eigenvalue weighted by Crippen LogP contribution is -2.26. The molecular weight excluding hydrogens is 196 g/mol. The monoisotopic (exact) mass is 208 g/mol. The van der Waals surface area contributed by atoms with Crippen molar-refractivity contribution in [3.05, 3.63) is 52.0 Å². The van der Waals surface area contributed by atoms with E-state index in [4.69, 9.17) is 5.84 Å². The Hall–Kier alpha value is -2.08. The number of hydrogen-bond acceptors (Lipinski definition) is 5. The molecule has 0 bridgehead atoms. The van der Waals surface area contributed by atoms with Gasteiger partial charge in [-0.1, -0.05) is 17.7 Å². The van der Waals surface area contributed by atoms with Gasteiger partial charge in [0.1, 0.15) is 0 Å². The van der Waals surface area contributed by atoms with Gasteiger partial charge in [0, 0.05) is 5.69 Å². The maximum atomic E-state index is 10.4. The number of anilines is 1. The normalized spacial score (nSPS) is 10.9. The number of nitrogens with zero attached hydrogens (tertiary/aromatic N) is 1. The van der Waals surface area contributed by atoms with Crippen molar-refractivity contribution in [1.82, 2.24) is 5.43 Å². The average Bonchev–Trinajstić information content (AvgIpc) is 2.21. The van der Waals surface area contributed by atoms with Crippen LogP contribution in [0, 0.1) is 17.0 Å². The molecule has 0 fully saturated rings. The Morgan fingerprint density at radius 2 is 2.07 bits per heavy atom. The predicted molar refractivity (Wildman–Crippen MR) is 57.2 cm³/mol. The molecule has 15 heavy (non-hydrogen) atoms. The zero-order valence-electron chi connectivity index (χ0n) is 8.23. The van der Waals surface area contributed by atoms with Crippen LogP contribution in [0.3, 0.4) is 0 Å². The zero-order chi connectivity index (χ0) is 11.3. The largest absolute Gasteiger partial charge is 0.358 e. The number of nitrogens with one attached hydrogen (secondary N) is 2. The van der Waals surface area contributed by atoms with Crippen molar-refractivity contribution in [3.8, 4) is 0 Å². The van der Waals surface area contributed by atoms with Crippen molar-refractivity contribution in [2.75, 3.05) is 5.32 Å². The van der Waals surface area contributed by atoms with Crippen LogP contribution in [0.25, 0.3) is 0 Å². The highest BCUT2D eigenvalue weighted by Crippen LogP contribution is 2.08. The highest BCUT2D eigenvalue weighted by molar-refractivity contribution is 5.46. The van der Waals surface area contributed by atoms with E-state index in [2.05, 4.69) is 5.32 Å². The molecule has 0 heterocycles. The molecule has 1 aromatic carbocycles. The van der Waals surface area contributed by atoms with E-state index in [1.807, 2.05) is 36.6 Å². The molecule has 80 valence electrons. The topological polar surface area (TPSA) is 93.2 Å². The van der Waals surface area contributed by atoms with Crippen LogP contribution in [0.1, 0.15) is 5.56 Å². The van der Waals surface area contributed by atoms with Crippen LogP contribution in [0.15, 0.2) is 36.3 Å². The summed E-state index contributed by atoms with van der Waals surface area (Å²) in [4.78, 5) is 9.75. The van der Waals surface area contributed by atoms with Gasteiger partial charge in [0.25, 0.3) is 0 Å². The average molecular weight is 208 g/mol. The van der Waals surface area contributed by atoms with Gasteiger partial charge < -0.3 is 15.4 Å². The van der Waals surface area contributed by atoms with Crippen molar-refractivity contribution < 1.29 is 4.92 Å². The SMILES string of the molecule is Cc1ccc(NC=C(NN)[N+](=O)[O-])cc1. The van der Waals surface area contributed by atoms with Gasteiger partial charge in [-0.25, -0.2) is 0 Å². The first-order valence-electron chi connectivity index (χ1n) is 4.28. The fraction of sp³-hybridized carbons (Fsp3) is 0.111. The molecule has 0 aliphatic rings. The molecular formula is C9H12N4O2. The summed E-state index contributed by atoms with van der Waals surface area (Å²) in [5.41, 5.74) is 3.86. The second kappa shape index (κ2) is 4.97. The van der Waals surface area contributed by atoms with Gasteiger partial charge in [-0.3, -0.25) is 0 Å². The highest BCUT2D eigenvalue weighted by Gasteiger charge is 2.03. The Balaban J connectivity index is 2.70. The van der Waals surface area contributed by atoms with E-state index >= 15 is 0 Å². The van der Waals surface area contributed by atoms with Crippen LogP contribution >= 0.6 is 0 Å². The lowest BCUT2D eigenvalue weighted by molar-refractivity contribution is -0.432. The second-order valence-corrected chi connectivity index (χ2v) is 2.94. The Labute approximate surface area is 86.9 Å². The molecule has 0 atom stereocenters. The maximum absolute atomic E-state index is 10.4. The Morgan fingerprint density at radius 1 is 1.47 bits per heavy atom. The van der Waals surface area contributed by atoms with Crippen molar-refractivity contribution in [1.29, 1.82) is 0 Å². The lowest BCUT2D eigenvalue weighted by Gasteiger charge is -2.02. The van der Waals surface area contributed by atoms with Crippen LogP contribution in [-0.2, 0) is 0 Å². The predicted octanol–water partition coefficient (Wildman–Crippen LogP) is 0.946. The molecule has 0 saturated heterocycles. The number of rotatable bonds is 4. The van der Waals surface area contributed by atoms with Crippen LogP contribution < -0.4 is 16.6 Å². The molecule has 0 aliphatic heterocycles. The Bertz CT molecular complexity index is 372. The molecule has 0 unspecified atom stereocenters. The Kier molecular flexibility index (Phi) is 3.64. The van der Waals surface area contributed by atoms with Gasteiger partial charge in [-0.05, 0) is 24.0 Å². The summed E-state index contributed by atoms with van der Waals surface area (Å²) in [5, 5.41) is 13.1. The van der Waals surface area contributed by atoms with Gasteiger partial charge >= 0.3 is 5.82 Å². The van der Waals surface area contributed by atoms with E-state index in [-0.39, 0.29) is 5.82 Å². The molecule has 0 amide bonds. The van der Waals surface area contributed by atoms with Gasteiger partial charge in [-0.15, -0.1) is 0 Å². The summed E-state index contributed by atoms with van der Waals surface area (Å²) < 4.78 is 0. The number of benzene rings is 1. The minimum absolute atomic E-state index is 0.296. The van der Waals surface area contributed by atoms with E-state index in [0.717, 1.165) is 11.3 Å². The van der Waals surface area contributed by atoms with E-state index in [0.29, 0.717) is 0 Å². The van der Waals surface area contributed by atoms with Gasteiger partial charge in [0.05, 0.1) is 6.20 Å². The smallest absolute Gasteiger partial charge is 0.350 e. The lowest BCUT2D eigenvalue weighted by atomic mass is 10.2. The zero-order valence-corrected chi connectivity index (χ0v) is 8.23. The number of nitro groups is 1. The minimum Gasteiger partial charge on any atom is -0.358 e. The van der Waals surface area contributed by atoms with E-state index < -0.39 is 4.92 Å². The summed E-state index contributed by atoms with van der Waals surface area (Å²) in [5.74, 6) is 4.67. The van der Waals surface area contributed by atoms with Crippen molar-refractivity contribution in [2.24, 2.45) is 5.84 Å². The summed E-state index contributed by atoms with van der Waals surface area (Å²) >= 11 is 0. The van der Waals surface area contributed by atoms with Crippen molar-refractivity contribution >= 4 is 5.69 Å². The van der Waals surface area contributed by atoms with Crippen LogP contribution in [0.4, 0.5) is 5.69 Å². The molecule has 4 N–H and O–H groups in total. The van der Waals surface area contributed by atoms with Crippen LogP contribution in [-0.4, -0.2) is 4.92 Å². The Morgan fingerprint density at radius 3 is 2.53 bits per heavy atom. The molecule has 0 radical (unpaired) electrons. The molecule has 6 nitrogen and oxygen atoms in total. The van der Waals surface area contributed by atoms with Gasteiger partial charge in [-0.2, -0.15) is 11.3 Å². The first kappa shape index (κ1) is 11.0. The summed E-state index contributed by atoms with van der Waals surface area (Å²) in [6, 6.07) is 7.44. The van der Waals surface area contributed by atoms with Crippen LogP contribution in [0.5, 0.6) is 0 Å². The van der Waals surface area contributed by atoms with E-state index in [1.54, 1.807) is 0 Å². The number of nitrogens with two attached hydrogens (primary N) is 1. The molecule has 6 heteroatoms. The molecule has 0 aliphatic carbocycles. The van der Waals surface area contributed by atoms with Gasteiger partial charge in [0.15, 0.2) is 0 Å². The summed E-state index contributed by atoms with van der Waals surface area (Å²) in [6.45, 7) is 1.96. The first-order valence-corrected chi connectivity index (χ1v) is 4.28. The molecule has 0 spiro atoms. The standard InChI is InChI=1S/C9H12N4O2/c1-7-2-4-8(5-3-7)11-6-9(12-10)13(14)15/h2-6,11-12H,10H2,1H3. The number of hydrogen-bond donors (Lipinski definition) is 3. The van der Waals surface area contributed by atoms with Crippen LogP contribution in [0.2, 0.25) is 0 Å². The minimum atomic E-state index is -0.610. The van der Waals surface area contributed by atoms with Crippen molar-refractivity contribution in [2.45, 2.75) is 6.92 Å². The fourth-order valence-corrected chi connectivity index (χ4v) is 0.949. The van der Waals surface area contributed by atoms with E-state index in [1.165, 1.54) is 6.20 Å². The summed E-state index contributed by atoms with van der Waals surface area (Å²) in [7, 11) is 0. The molecule has 1 rings (SSSR count).